The molecule has 1 fully saturated rings. The van der Waals surface area contributed by atoms with Crippen molar-refractivity contribution in [2.45, 2.75) is 71.9 Å². The van der Waals surface area contributed by atoms with Crippen LogP contribution in [0.4, 0.5) is 0 Å². The molecule has 1 rings (SSSR count). The average Bonchev–Trinajstić information content (AvgIpc) is 2.39. The fourth-order valence-corrected chi connectivity index (χ4v) is 2.54. The van der Waals surface area contributed by atoms with Crippen molar-refractivity contribution in [1.82, 2.24) is 10.2 Å². The van der Waals surface area contributed by atoms with E-state index in [1.807, 2.05) is 27.7 Å². The predicted molar refractivity (Wildman–Crippen MR) is 76.7 cm³/mol. The lowest BCUT2D eigenvalue weighted by Crippen LogP contribution is -2.74. The van der Waals surface area contributed by atoms with Crippen molar-refractivity contribution in [1.29, 1.82) is 0 Å². The molecule has 0 spiro atoms. The summed E-state index contributed by atoms with van der Waals surface area (Å²) in [4.78, 5) is 27.0. The summed E-state index contributed by atoms with van der Waals surface area (Å²) >= 11 is 0. The molecule has 4 heteroatoms. The van der Waals surface area contributed by atoms with Crippen LogP contribution in [0.25, 0.3) is 0 Å². The molecule has 0 aromatic carbocycles. The molecule has 0 aromatic heterocycles. The molecule has 1 aliphatic heterocycles. The number of amides is 2. The Morgan fingerprint density at radius 3 is 2.11 bits per heavy atom. The summed E-state index contributed by atoms with van der Waals surface area (Å²) in [7, 11) is 0. The zero-order valence-corrected chi connectivity index (χ0v) is 13.2. The highest BCUT2D eigenvalue weighted by molar-refractivity contribution is 6.01. The lowest BCUT2D eigenvalue weighted by Gasteiger charge is -2.50. The molecule has 1 atom stereocenters. The zero-order valence-electron chi connectivity index (χ0n) is 13.2. The largest absolute Gasteiger partial charge is 0.340 e. The van der Waals surface area contributed by atoms with Crippen molar-refractivity contribution in [3.05, 3.63) is 0 Å². The maximum atomic E-state index is 12.8. The Kier molecular flexibility index (Phi) is 4.64. The SMILES string of the molecule is CCC(C)CN1C(=O)C(CC)(CC)NC(=O)C1(C)C. The summed E-state index contributed by atoms with van der Waals surface area (Å²) < 4.78 is 0. The zero-order chi connectivity index (χ0) is 14.8. The van der Waals surface area contributed by atoms with Gasteiger partial charge in [-0.05, 0) is 32.6 Å². The molecular weight excluding hydrogens is 240 g/mol. The van der Waals surface area contributed by atoms with Crippen LogP contribution in [0.5, 0.6) is 0 Å². The van der Waals surface area contributed by atoms with Crippen LogP contribution in [0.1, 0.15) is 60.8 Å². The number of piperazine rings is 1. The van der Waals surface area contributed by atoms with Gasteiger partial charge in [-0.25, -0.2) is 0 Å². The molecule has 1 unspecified atom stereocenters. The van der Waals surface area contributed by atoms with Crippen LogP contribution in [0.2, 0.25) is 0 Å². The summed E-state index contributed by atoms with van der Waals surface area (Å²) in [5.74, 6) is 0.432. The van der Waals surface area contributed by atoms with Crippen LogP contribution in [-0.4, -0.2) is 34.3 Å². The maximum Gasteiger partial charge on any atom is 0.249 e. The van der Waals surface area contributed by atoms with Crippen LogP contribution >= 0.6 is 0 Å². The number of nitrogens with zero attached hydrogens (tertiary/aromatic N) is 1. The number of carbonyl (C=O) groups excluding carboxylic acids is 2. The highest BCUT2D eigenvalue weighted by Crippen LogP contribution is 2.31. The lowest BCUT2D eigenvalue weighted by atomic mass is 9.83. The summed E-state index contributed by atoms with van der Waals surface area (Å²) in [6.07, 6.45) is 2.29. The van der Waals surface area contributed by atoms with Gasteiger partial charge in [-0.1, -0.05) is 34.1 Å². The standard InChI is InChI=1S/C15H28N2O2/c1-7-11(4)10-17-13(19)15(8-2,9-3)16-12(18)14(17,5)6/h11H,7-10H2,1-6H3,(H,16,18). The molecule has 0 aliphatic carbocycles. The van der Waals surface area contributed by atoms with E-state index in [1.54, 1.807) is 4.90 Å². The van der Waals surface area contributed by atoms with E-state index < -0.39 is 11.1 Å². The smallest absolute Gasteiger partial charge is 0.249 e. The first-order valence-electron chi connectivity index (χ1n) is 7.39. The van der Waals surface area contributed by atoms with E-state index in [4.69, 9.17) is 0 Å². The Balaban J connectivity index is 3.14. The summed E-state index contributed by atoms with van der Waals surface area (Å²) in [5, 5.41) is 2.96. The molecule has 4 nitrogen and oxygen atoms in total. The number of carbonyl (C=O) groups is 2. The van der Waals surface area contributed by atoms with E-state index in [0.717, 1.165) is 6.42 Å². The van der Waals surface area contributed by atoms with Crippen molar-refractivity contribution >= 4 is 11.8 Å². The monoisotopic (exact) mass is 268 g/mol. The first-order chi connectivity index (χ1) is 8.75. The van der Waals surface area contributed by atoms with E-state index in [0.29, 0.717) is 25.3 Å². The van der Waals surface area contributed by atoms with Crippen LogP contribution < -0.4 is 5.32 Å². The number of hydrogen-bond acceptors (Lipinski definition) is 2. The highest BCUT2D eigenvalue weighted by atomic mass is 16.2. The molecular formula is C15H28N2O2. The minimum absolute atomic E-state index is 0.0425. The maximum absolute atomic E-state index is 12.8. The van der Waals surface area contributed by atoms with E-state index >= 15 is 0 Å². The fraction of sp³-hybridized carbons (Fsp3) is 0.867. The predicted octanol–water partition coefficient (Wildman–Crippen LogP) is 2.33. The minimum atomic E-state index is -0.756. The number of nitrogens with one attached hydrogen (secondary N) is 1. The van der Waals surface area contributed by atoms with Gasteiger partial charge in [-0.15, -0.1) is 0 Å². The Hall–Kier alpha value is -1.06. The number of hydrogen-bond donors (Lipinski definition) is 1. The fourth-order valence-electron chi connectivity index (χ4n) is 2.54. The normalized spacial score (nSPS) is 23.2. The van der Waals surface area contributed by atoms with Gasteiger partial charge in [0.1, 0.15) is 11.1 Å². The van der Waals surface area contributed by atoms with Gasteiger partial charge in [0.25, 0.3) is 0 Å². The van der Waals surface area contributed by atoms with Gasteiger partial charge in [-0.2, -0.15) is 0 Å². The molecule has 0 radical (unpaired) electrons. The van der Waals surface area contributed by atoms with Gasteiger partial charge < -0.3 is 10.2 Å². The van der Waals surface area contributed by atoms with Gasteiger partial charge in [0.2, 0.25) is 11.8 Å². The van der Waals surface area contributed by atoms with Crippen LogP contribution in [0.15, 0.2) is 0 Å². The van der Waals surface area contributed by atoms with Gasteiger partial charge in [0.05, 0.1) is 0 Å². The molecule has 1 heterocycles. The minimum Gasteiger partial charge on any atom is -0.340 e. The van der Waals surface area contributed by atoms with Gasteiger partial charge in [0, 0.05) is 6.54 Å². The van der Waals surface area contributed by atoms with E-state index in [-0.39, 0.29) is 11.8 Å². The van der Waals surface area contributed by atoms with Gasteiger partial charge in [-0.3, -0.25) is 9.59 Å². The Bertz CT molecular complexity index is 359. The molecule has 0 saturated carbocycles. The second-order valence-corrected chi connectivity index (χ2v) is 6.23. The molecule has 19 heavy (non-hydrogen) atoms. The third-order valence-electron chi connectivity index (χ3n) is 4.64. The number of rotatable bonds is 5. The van der Waals surface area contributed by atoms with Crippen LogP contribution in [0.3, 0.4) is 0 Å². The second kappa shape index (κ2) is 5.51. The third kappa shape index (κ3) is 2.63. The Morgan fingerprint density at radius 1 is 1.16 bits per heavy atom. The Labute approximate surface area is 116 Å². The van der Waals surface area contributed by atoms with Crippen molar-refractivity contribution < 1.29 is 9.59 Å². The molecule has 1 aliphatic rings. The van der Waals surface area contributed by atoms with Crippen molar-refractivity contribution in [3.63, 3.8) is 0 Å². The first-order valence-corrected chi connectivity index (χ1v) is 7.39. The Morgan fingerprint density at radius 2 is 1.68 bits per heavy atom. The van der Waals surface area contributed by atoms with Gasteiger partial charge in [0.15, 0.2) is 0 Å². The van der Waals surface area contributed by atoms with Crippen molar-refractivity contribution in [2.24, 2.45) is 5.92 Å². The van der Waals surface area contributed by atoms with Crippen molar-refractivity contribution in [3.8, 4) is 0 Å². The summed E-state index contributed by atoms with van der Waals surface area (Å²) in [5.41, 5.74) is -1.46. The second-order valence-electron chi connectivity index (χ2n) is 6.23. The molecule has 1 N–H and O–H groups in total. The summed E-state index contributed by atoms with van der Waals surface area (Å²) in [6, 6.07) is 0. The molecule has 0 aromatic rings. The van der Waals surface area contributed by atoms with E-state index in [9.17, 15) is 9.59 Å². The quantitative estimate of drug-likeness (QED) is 0.832. The highest BCUT2D eigenvalue weighted by Gasteiger charge is 2.52. The summed E-state index contributed by atoms with van der Waals surface area (Å²) in [6.45, 7) is 12.5. The molecule has 110 valence electrons. The van der Waals surface area contributed by atoms with E-state index in [1.165, 1.54) is 0 Å². The topological polar surface area (TPSA) is 49.4 Å². The third-order valence-corrected chi connectivity index (χ3v) is 4.64. The van der Waals surface area contributed by atoms with Crippen molar-refractivity contribution in [2.75, 3.05) is 6.54 Å². The van der Waals surface area contributed by atoms with Crippen LogP contribution in [0, 0.1) is 5.92 Å². The van der Waals surface area contributed by atoms with Crippen LogP contribution in [-0.2, 0) is 9.59 Å². The average molecular weight is 268 g/mol. The molecule has 2 amide bonds. The molecule has 0 bridgehead atoms. The van der Waals surface area contributed by atoms with Gasteiger partial charge >= 0.3 is 0 Å². The lowest BCUT2D eigenvalue weighted by molar-refractivity contribution is -0.162. The van der Waals surface area contributed by atoms with E-state index in [2.05, 4.69) is 19.2 Å². The molecule has 1 saturated heterocycles. The first kappa shape index (κ1) is 16.0.